The number of carbonyl (C=O) groups is 2. The van der Waals surface area contributed by atoms with Gasteiger partial charge in [0.2, 0.25) is 5.91 Å². The third-order valence-electron chi connectivity index (χ3n) is 7.65. The largest absolute Gasteiger partial charge is 0.353 e. The van der Waals surface area contributed by atoms with Crippen LogP contribution in [-0.2, 0) is 4.79 Å². The number of hydrogen-bond donors (Lipinski definition) is 0. The highest BCUT2D eigenvalue weighted by atomic mass is 16.2. The van der Waals surface area contributed by atoms with Gasteiger partial charge in [0, 0.05) is 44.5 Å². The molecule has 2 aliphatic heterocycles. The van der Waals surface area contributed by atoms with Crippen molar-refractivity contribution in [2.75, 3.05) is 37.6 Å². The summed E-state index contributed by atoms with van der Waals surface area (Å²) in [4.78, 5) is 38.7. The Kier molecular flexibility index (Phi) is 5.85. The summed E-state index contributed by atoms with van der Waals surface area (Å²) in [5, 5.41) is 0. The molecule has 1 aromatic carbocycles. The van der Waals surface area contributed by atoms with Gasteiger partial charge in [-0.05, 0) is 42.5 Å². The lowest BCUT2D eigenvalue weighted by Crippen LogP contribution is -2.62. The van der Waals surface area contributed by atoms with Crippen molar-refractivity contribution >= 4 is 17.6 Å². The molecule has 0 bridgehead atoms. The maximum atomic E-state index is 14.2. The van der Waals surface area contributed by atoms with Crippen LogP contribution in [0.25, 0.3) is 0 Å². The fourth-order valence-corrected chi connectivity index (χ4v) is 6.15. The lowest BCUT2D eigenvalue weighted by atomic mass is 9.70. The van der Waals surface area contributed by atoms with Crippen LogP contribution in [0.3, 0.4) is 0 Å². The number of rotatable bonds is 4. The zero-order chi connectivity index (χ0) is 23.0. The molecule has 6 heteroatoms. The molecular weight excluding hydrogens is 412 g/mol. The van der Waals surface area contributed by atoms with E-state index in [9.17, 15) is 9.59 Å². The van der Waals surface area contributed by atoms with Gasteiger partial charge in [-0.15, -0.1) is 0 Å². The Hall–Kier alpha value is -2.89. The number of nitrogens with zero attached hydrogens (tertiary/aromatic N) is 4. The second kappa shape index (κ2) is 8.81. The Labute approximate surface area is 196 Å². The van der Waals surface area contributed by atoms with Crippen LogP contribution in [0.4, 0.5) is 5.82 Å². The summed E-state index contributed by atoms with van der Waals surface area (Å²) in [7, 11) is 0. The summed E-state index contributed by atoms with van der Waals surface area (Å²) < 4.78 is 0. The van der Waals surface area contributed by atoms with E-state index >= 15 is 0 Å². The van der Waals surface area contributed by atoms with E-state index in [2.05, 4.69) is 28.6 Å². The van der Waals surface area contributed by atoms with Crippen LogP contribution < -0.4 is 4.90 Å². The zero-order valence-electron chi connectivity index (χ0n) is 19.7. The van der Waals surface area contributed by atoms with Gasteiger partial charge < -0.3 is 14.7 Å². The predicted molar refractivity (Wildman–Crippen MR) is 129 cm³/mol. The Balaban J connectivity index is 1.47. The summed E-state index contributed by atoms with van der Waals surface area (Å²) in [5.41, 5.74) is 1.24. The number of hydrogen-bond acceptors (Lipinski definition) is 4. The highest BCUT2D eigenvalue weighted by Crippen LogP contribution is 2.51. The molecule has 1 saturated carbocycles. The normalized spacial score (nSPS) is 22.2. The molecule has 0 radical (unpaired) electrons. The number of pyridine rings is 1. The van der Waals surface area contributed by atoms with E-state index in [0.717, 1.165) is 50.2 Å². The number of aromatic nitrogens is 1. The molecule has 1 aliphatic carbocycles. The summed E-state index contributed by atoms with van der Waals surface area (Å²) in [6.45, 7) is 7.93. The van der Waals surface area contributed by atoms with Gasteiger partial charge in [-0.1, -0.05) is 51.0 Å². The van der Waals surface area contributed by atoms with Gasteiger partial charge in [0.25, 0.3) is 5.91 Å². The van der Waals surface area contributed by atoms with Crippen LogP contribution in [-0.4, -0.2) is 64.9 Å². The van der Waals surface area contributed by atoms with Gasteiger partial charge in [-0.3, -0.25) is 9.59 Å². The van der Waals surface area contributed by atoms with Crippen LogP contribution in [0.2, 0.25) is 0 Å². The highest BCUT2D eigenvalue weighted by molar-refractivity contribution is 6.02. The third kappa shape index (κ3) is 3.79. The number of benzene rings is 1. The number of piperazine rings is 1. The molecule has 1 spiro atoms. The minimum Gasteiger partial charge on any atom is -0.353 e. The van der Waals surface area contributed by atoms with Crippen molar-refractivity contribution in [3.8, 4) is 0 Å². The Morgan fingerprint density at radius 3 is 2.39 bits per heavy atom. The average Bonchev–Trinajstić information content (AvgIpc) is 3.32. The topological polar surface area (TPSA) is 56.8 Å². The van der Waals surface area contributed by atoms with Crippen LogP contribution >= 0.6 is 0 Å². The van der Waals surface area contributed by atoms with Gasteiger partial charge in [0.1, 0.15) is 5.82 Å². The molecule has 3 aliphatic rings. The average molecular weight is 447 g/mol. The maximum absolute atomic E-state index is 14.2. The lowest BCUT2D eigenvalue weighted by Gasteiger charge is -2.52. The quantitative estimate of drug-likeness (QED) is 0.714. The first-order valence-corrected chi connectivity index (χ1v) is 12.4. The summed E-state index contributed by atoms with van der Waals surface area (Å²) in [6.07, 6.45) is 5.77. The molecule has 174 valence electrons. The fraction of sp³-hybridized carbons (Fsp3) is 0.519. The Morgan fingerprint density at radius 2 is 1.73 bits per heavy atom. The standard InChI is InChI=1S/C27H34N4O2/c1-20(2)19-31-25(32)22-10-4-3-9-21(22)24(27(31)12-6-7-13-27)26(33)30-17-15-29(16-18-30)23-11-5-8-14-28-23/h3-5,8-11,14,20,24H,6-7,12-13,15-19H2,1-2H3. The van der Waals surface area contributed by atoms with Crippen molar-refractivity contribution in [2.45, 2.75) is 51.0 Å². The van der Waals surface area contributed by atoms with Gasteiger partial charge in [-0.25, -0.2) is 4.98 Å². The van der Waals surface area contributed by atoms with E-state index in [1.807, 2.05) is 53.6 Å². The first kappa shape index (κ1) is 21.9. The van der Waals surface area contributed by atoms with Crippen molar-refractivity contribution < 1.29 is 9.59 Å². The molecule has 1 aromatic heterocycles. The minimum atomic E-state index is -0.398. The van der Waals surface area contributed by atoms with Crippen LogP contribution in [0, 0.1) is 5.92 Å². The minimum absolute atomic E-state index is 0.102. The molecule has 0 N–H and O–H groups in total. The van der Waals surface area contributed by atoms with Crippen molar-refractivity contribution in [1.29, 1.82) is 0 Å². The van der Waals surface area contributed by atoms with E-state index in [1.54, 1.807) is 0 Å². The summed E-state index contributed by atoms with van der Waals surface area (Å²) in [6, 6.07) is 13.8. The molecule has 2 amide bonds. The first-order valence-electron chi connectivity index (χ1n) is 12.4. The predicted octanol–water partition coefficient (Wildman–Crippen LogP) is 3.94. The van der Waals surface area contributed by atoms with Gasteiger partial charge in [-0.2, -0.15) is 0 Å². The number of anilines is 1. The van der Waals surface area contributed by atoms with Crippen molar-refractivity contribution in [2.24, 2.45) is 5.92 Å². The smallest absolute Gasteiger partial charge is 0.254 e. The van der Waals surface area contributed by atoms with Crippen molar-refractivity contribution in [1.82, 2.24) is 14.8 Å². The second-order valence-electron chi connectivity index (χ2n) is 10.1. The molecule has 5 rings (SSSR count). The summed E-state index contributed by atoms with van der Waals surface area (Å²) >= 11 is 0. The molecule has 1 atom stereocenters. The van der Waals surface area contributed by atoms with Gasteiger partial charge in [0.15, 0.2) is 0 Å². The molecule has 33 heavy (non-hydrogen) atoms. The lowest BCUT2D eigenvalue weighted by molar-refractivity contribution is -0.137. The number of amides is 2. The Morgan fingerprint density at radius 1 is 1.03 bits per heavy atom. The van der Waals surface area contributed by atoms with E-state index in [1.165, 1.54) is 0 Å². The van der Waals surface area contributed by atoms with E-state index in [-0.39, 0.29) is 17.7 Å². The van der Waals surface area contributed by atoms with Crippen molar-refractivity contribution in [3.63, 3.8) is 0 Å². The van der Waals surface area contributed by atoms with E-state index in [4.69, 9.17) is 0 Å². The van der Waals surface area contributed by atoms with E-state index in [0.29, 0.717) is 31.1 Å². The van der Waals surface area contributed by atoms with Crippen LogP contribution in [0.5, 0.6) is 0 Å². The van der Waals surface area contributed by atoms with E-state index < -0.39 is 5.54 Å². The third-order valence-corrected chi connectivity index (χ3v) is 7.65. The molecule has 3 heterocycles. The van der Waals surface area contributed by atoms with Crippen LogP contribution in [0.15, 0.2) is 48.7 Å². The summed E-state index contributed by atoms with van der Waals surface area (Å²) in [5.74, 6) is 1.33. The van der Waals surface area contributed by atoms with Crippen molar-refractivity contribution in [3.05, 3.63) is 59.8 Å². The number of fused-ring (bicyclic) bond motifs is 1. The first-order chi connectivity index (χ1) is 16.0. The van der Waals surface area contributed by atoms with Crippen LogP contribution in [0.1, 0.15) is 61.4 Å². The van der Waals surface area contributed by atoms with Gasteiger partial charge >= 0.3 is 0 Å². The van der Waals surface area contributed by atoms with Gasteiger partial charge in [0.05, 0.1) is 11.5 Å². The Bertz CT molecular complexity index is 1010. The second-order valence-corrected chi connectivity index (χ2v) is 10.1. The fourth-order valence-electron chi connectivity index (χ4n) is 6.15. The monoisotopic (exact) mass is 446 g/mol. The molecule has 6 nitrogen and oxygen atoms in total. The number of carbonyl (C=O) groups excluding carboxylic acids is 2. The molecule has 2 aromatic rings. The molecule has 2 fully saturated rings. The molecular formula is C27H34N4O2. The SMILES string of the molecule is CC(C)CN1C(=O)c2ccccc2C(C(=O)N2CCN(c3ccccn3)CC2)C12CCCC2. The molecule has 1 unspecified atom stereocenters. The maximum Gasteiger partial charge on any atom is 0.254 e. The zero-order valence-corrected chi connectivity index (χ0v) is 19.7. The molecule has 1 saturated heterocycles. The highest BCUT2D eigenvalue weighted by Gasteiger charge is 2.56.